The molecule has 5 atom stereocenters. The quantitative estimate of drug-likeness (QED) is 0.381. The molecule has 0 saturated carbocycles. The van der Waals surface area contributed by atoms with Gasteiger partial charge in [0.25, 0.3) is 5.79 Å². The van der Waals surface area contributed by atoms with Gasteiger partial charge in [-0.05, 0) is 31.0 Å². The number of esters is 2. The van der Waals surface area contributed by atoms with Crippen LogP contribution >= 0.6 is 0 Å². The highest BCUT2D eigenvalue weighted by Crippen LogP contribution is 2.48. The van der Waals surface area contributed by atoms with Crippen molar-refractivity contribution in [2.24, 2.45) is 5.92 Å². The molecule has 3 fully saturated rings. The Labute approximate surface area is 220 Å². The molecule has 0 amide bonds. The normalized spacial score (nSPS) is 29.2. The predicted octanol–water partition coefficient (Wildman–Crippen LogP) is 4.17. The van der Waals surface area contributed by atoms with Gasteiger partial charge in [-0.15, -0.1) is 0 Å². The molecule has 6 rings (SSSR count). The number of hydrogen-bond donors (Lipinski definition) is 1. The third kappa shape index (κ3) is 4.49. The van der Waals surface area contributed by atoms with E-state index in [0.717, 1.165) is 22.0 Å². The molecule has 3 aromatic rings. The first-order valence-electron chi connectivity index (χ1n) is 12.8. The van der Waals surface area contributed by atoms with Crippen LogP contribution in [0.25, 0.3) is 10.9 Å². The van der Waals surface area contributed by atoms with E-state index in [0.29, 0.717) is 0 Å². The van der Waals surface area contributed by atoms with Crippen molar-refractivity contribution >= 4 is 22.8 Å². The van der Waals surface area contributed by atoms with Gasteiger partial charge in [-0.2, -0.15) is 0 Å². The maximum absolute atomic E-state index is 13.4. The Kier molecular flexibility index (Phi) is 6.07. The molecule has 200 valence electrons. The van der Waals surface area contributed by atoms with Gasteiger partial charge in [0, 0.05) is 36.9 Å². The summed E-state index contributed by atoms with van der Waals surface area (Å²) in [6.07, 6.45) is -0.951. The Morgan fingerprint density at radius 1 is 0.895 bits per heavy atom. The van der Waals surface area contributed by atoms with Crippen molar-refractivity contribution in [2.45, 2.75) is 76.4 Å². The van der Waals surface area contributed by atoms with E-state index in [4.69, 9.17) is 28.4 Å². The highest BCUT2D eigenvalue weighted by Gasteiger charge is 2.61. The van der Waals surface area contributed by atoms with Crippen LogP contribution in [-0.4, -0.2) is 53.1 Å². The third-order valence-electron chi connectivity index (χ3n) is 7.21. The highest BCUT2D eigenvalue weighted by molar-refractivity contribution is 5.99. The minimum Gasteiger partial charge on any atom is -0.422 e. The molecule has 0 spiro atoms. The van der Waals surface area contributed by atoms with Gasteiger partial charge >= 0.3 is 11.9 Å². The molecular weight excluding hydrogens is 490 g/mol. The van der Waals surface area contributed by atoms with Crippen LogP contribution in [0.2, 0.25) is 0 Å². The molecule has 0 bridgehead atoms. The van der Waals surface area contributed by atoms with Crippen LogP contribution in [0.1, 0.15) is 44.7 Å². The van der Waals surface area contributed by atoms with E-state index in [2.05, 4.69) is 4.98 Å². The average Bonchev–Trinajstić information content (AvgIpc) is 3.50. The zero-order chi connectivity index (χ0) is 26.7. The Morgan fingerprint density at radius 2 is 1.58 bits per heavy atom. The first kappa shape index (κ1) is 25.1. The molecule has 3 saturated heterocycles. The van der Waals surface area contributed by atoms with Crippen LogP contribution in [0.15, 0.2) is 60.8 Å². The number of nitrogens with one attached hydrogen (secondary N) is 1. The van der Waals surface area contributed by atoms with E-state index in [9.17, 15) is 9.59 Å². The summed E-state index contributed by atoms with van der Waals surface area (Å²) in [5, 5.41) is 0.854. The van der Waals surface area contributed by atoms with Gasteiger partial charge in [0.2, 0.25) is 0 Å². The third-order valence-corrected chi connectivity index (χ3v) is 7.21. The SMILES string of the molecule is CC1(C)OC(=O)C([C@@H](c2c[nH]c3ccccc23)[C@@H]2O[C@@H]3OC(C)(C)O[C@@H]3[C@H]2OCc2ccccc2)C(=O)O1. The van der Waals surface area contributed by atoms with Gasteiger partial charge in [-0.1, -0.05) is 48.5 Å². The van der Waals surface area contributed by atoms with Crippen LogP contribution in [0.5, 0.6) is 0 Å². The molecule has 9 nitrogen and oxygen atoms in total. The van der Waals surface area contributed by atoms with Gasteiger partial charge in [-0.25, -0.2) is 0 Å². The van der Waals surface area contributed by atoms with E-state index >= 15 is 0 Å². The number of ether oxygens (including phenoxy) is 6. The zero-order valence-electron chi connectivity index (χ0n) is 21.7. The topological polar surface area (TPSA) is 105 Å². The Balaban J connectivity index is 1.43. The number of para-hydroxylation sites is 1. The number of benzene rings is 2. The summed E-state index contributed by atoms with van der Waals surface area (Å²) in [5.74, 6) is -5.66. The lowest BCUT2D eigenvalue weighted by Crippen LogP contribution is -2.52. The van der Waals surface area contributed by atoms with Crippen LogP contribution < -0.4 is 0 Å². The average molecular weight is 522 g/mol. The largest absolute Gasteiger partial charge is 0.422 e. The van der Waals surface area contributed by atoms with Gasteiger partial charge in [0.05, 0.1) is 12.7 Å². The van der Waals surface area contributed by atoms with Crippen molar-refractivity contribution in [3.63, 3.8) is 0 Å². The lowest BCUT2D eigenvalue weighted by Gasteiger charge is -2.39. The van der Waals surface area contributed by atoms with E-state index < -0.39 is 60.0 Å². The Hall–Kier alpha value is -3.24. The molecule has 0 unspecified atom stereocenters. The molecule has 4 heterocycles. The summed E-state index contributed by atoms with van der Waals surface area (Å²) >= 11 is 0. The molecule has 1 aromatic heterocycles. The second-order valence-electron chi connectivity index (χ2n) is 10.9. The molecule has 9 heteroatoms. The number of carbonyl (C=O) groups is 2. The number of hydrogen-bond acceptors (Lipinski definition) is 8. The van der Waals surface area contributed by atoms with Crippen LogP contribution in [0, 0.1) is 5.92 Å². The van der Waals surface area contributed by atoms with E-state index in [1.54, 1.807) is 6.20 Å². The second kappa shape index (κ2) is 9.20. The summed E-state index contributed by atoms with van der Waals surface area (Å²) < 4.78 is 36.3. The van der Waals surface area contributed by atoms with Gasteiger partial charge < -0.3 is 33.4 Å². The highest BCUT2D eigenvalue weighted by atomic mass is 16.8. The molecule has 2 aromatic carbocycles. The van der Waals surface area contributed by atoms with Gasteiger partial charge in [0.15, 0.2) is 18.0 Å². The number of cyclic esters (lactones) is 2. The Bertz CT molecular complexity index is 1330. The molecule has 3 aliphatic rings. The van der Waals surface area contributed by atoms with E-state index in [-0.39, 0.29) is 6.61 Å². The first-order chi connectivity index (χ1) is 18.1. The predicted molar refractivity (Wildman–Crippen MR) is 135 cm³/mol. The number of rotatable bonds is 6. The van der Waals surface area contributed by atoms with Crippen LogP contribution in [0.4, 0.5) is 0 Å². The van der Waals surface area contributed by atoms with Crippen molar-refractivity contribution in [2.75, 3.05) is 0 Å². The molecule has 1 N–H and O–H groups in total. The Morgan fingerprint density at radius 3 is 2.32 bits per heavy atom. The molecule has 0 aliphatic carbocycles. The summed E-state index contributed by atoms with van der Waals surface area (Å²) in [7, 11) is 0. The standard InChI is InChI=1S/C29H31NO8/c1-28(2)35-24-23(33-15-16-10-6-5-7-11-16)22(34-27(24)38-28)20(18-14-30-19-13-9-8-12-17(18)19)21-25(31)36-29(3,4)37-26(21)32/h5-14,20-24,27,30H,15H2,1-4H3/t20-,22+,23+,24-,27-/m1/s1. The lowest BCUT2D eigenvalue weighted by atomic mass is 9.79. The fourth-order valence-electron chi connectivity index (χ4n) is 5.69. The molecular formula is C29H31NO8. The first-order valence-corrected chi connectivity index (χ1v) is 12.8. The van der Waals surface area contributed by atoms with Crippen molar-refractivity contribution in [1.82, 2.24) is 4.98 Å². The van der Waals surface area contributed by atoms with E-state index in [1.165, 1.54) is 13.8 Å². The maximum Gasteiger partial charge on any atom is 0.324 e. The fourth-order valence-corrected chi connectivity index (χ4v) is 5.69. The lowest BCUT2D eigenvalue weighted by molar-refractivity contribution is -0.248. The van der Waals surface area contributed by atoms with Crippen molar-refractivity contribution < 1.29 is 38.0 Å². The van der Waals surface area contributed by atoms with Crippen molar-refractivity contribution in [3.8, 4) is 0 Å². The fraction of sp³-hybridized carbons (Fsp3) is 0.448. The van der Waals surface area contributed by atoms with Crippen LogP contribution in [-0.2, 0) is 44.6 Å². The summed E-state index contributed by atoms with van der Waals surface area (Å²) in [4.78, 5) is 30.0. The minimum absolute atomic E-state index is 0.283. The van der Waals surface area contributed by atoms with Crippen molar-refractivity contribution in [1.29, 1.82) is 0 Å². The summed E-state index contributed by atoms with van der Waals surface area (Å²) in [5.41, 5.74) is 2.55. The number of H-pyrrole nitrogens is 1. The van der Waals surface area contributed by atoms with Gasteiger partial charge in [-0.3, -0.25) is 9.59 Å². The number of fused-ring (bicyclic) bond motifs is 2. The number of carbonyl (C=O) groups excluding carboxylic acids is 2. The molecule has 3 aliphatic heterocycles. The maximum atomic E-state index is 13.4. The van der Waals surface area contributed by atoms with E-state index in [1.807, 2.05) is 68.4 Å². The molecule has 38 heavy (non-hydrogen) atoms. The summed E-state index contributed by atoms with van der Waals surface area (Å²) in [6.45, 7) is 6.98. The second-order valence-corrected chi connectivity index (χ2v) is 10.9. The monoisotopic (exact) mass is 521 g/mol. The smallest absolute Gasteiger partial charge is 0.324 e. The number of aromatic nitrogens is 1. The van der Waals surface area contributed by atoms with Crippen LogP contribution in [0.3, 0.4) is 0 Å². The minimum atomic E-state index is -1.36. The molecule has 0 radical (unpaired) electrons. The number of aromatic amines is 1. The zero-order valence-corrected chi connectivity index (χ0v) is 21.7. The summed E-state index contributed by atoms with van der Waals surface area (Å²) in [6, 6.07) is 17.4. The van der Waals surface area contributed by atoms with Gasteiger partial charge in [0.1, 0.15) is 12.2 Å². The van der Waals surface area contributed by atoms with Crippen molar-refractivity contribution in [3.05, 3.63) is 71.9 Å².